The first-order valence-corrected chi connectivity index (χ1v) is 7.31. The molecule has 1 heterocycles. The van der Waals surface area contributed by atoms with Crippen LogP contribution in [0.15, 0.2) is 0 Å². The molecule has 2 aliphatic carbocycles. The molecular weight excluding hydrogens is 246 g/mol. The Kier molecular flexibility index (Phi) is 3.48. The SMILES string of the molecule is O=C(O)[C@@H]1CC[C@H](C(=O)N2CCOC3CCCC32)C1. The molecule has 3 fully saturated rings. The molecule has 3 aliphatic rings. The Hall–Kier alpha value is -1.10. The molecule has 1 saturated heterocycles. The zero-order valence-corrected chi connectivity index (χ0v) is 11.1. The molecule has 0 spiro atoms. The van der Waals surface area contributed by atoms with E-state index in [-0.39, 0.29) is 29.9 Å². The number of hydrogen-bond acceptors (Lipinski definition) is 3. The van der Waals surface area contributed by atoms with E-state index in [1.807, 2.05) is 4.90 Å². The Morgan fingerprint density at radius 3 is 2.63 bits per heavy atom. The molecular formula is C14H21NO4. The highest BCUT2D eigenvalue weighted by molar-refractivity contribution is 5.81. The fraction of sp³-hybridized carbons (Fsp3) is 0.857. The van der Waals surface area contributed by atoms with Gasteiger partial charge in [-0.2, -0.15) is 0 Å². The molecule has 4 atom stereocenters. The topological polar surface area (TPSA) is 66.8 Å². The van der Waals surface area contributed by atoms with E-state index >= 15 is 0 Å². The number of fused-ring (bicyclic) bond motifs is 1. The maximum Gasteiger partial charge on any atom is 0.306 e. The van der Waals surface area contributed by atoms with Crippen molar-refractivity contribution in [3.8, 4) is 0 Å². The van der Waals surface area contributed by atoms with Gasteiger partial charge in [0.05, 0.1) is 24.7 Å². The number of morpholine rings is 1. The summed E-state index contributed by atoms with van der Waals surface area (Å²) in [6.07, 6.45) is 5.32. The lowest BCUT2D eigenvalue weighted by molar-refractivity contribution is -0.148. The molecule has 2 unspecified atom stereocenters. The Morgan fingerprint density at radius 2 is 1.89 bits per heavy atom. The van der Waals surface area contributed by atoms with Crippen LogP contribution in [0.25, 0.3) is 0 Å². The van der Waals surface area contributed by atoms with Crippen molar-refractivity contribution in [2.45, 2.75) is 50.7 Å². The summed E-state index contributed by atoms with van der Waals surface area (Å²) in [5, 5.41) is 9.03. The lowest BCUT2D eigenvalue weighted by atomic mass is 10.0. The van der Waals surface area contributed by atoms with Crippen LogP contribution in [0.4, 0.5) is 0 Å². The second-order valence-corrected chi connectivity index (χ2v) is 5.98. The molecule has 5 nitrogen and oxygen atoms in total. The average Bonchev–Trinajstić information content (AvgIpc) is 3.06. The minimum Gasteiger partial charge on any atom is -0.481 e. The van der Waals surface area contributed by atoms with Gasteiger partial charge in [0, 0.05) is 12.5 Å². The van der Waals surface area contributed by atoms with Gasteiger partial charge in [-0.25, -0.2) is 0 Å². The van der Waals surface area contributed by atoms with Gasteiger partial charge >= 0.3 is 5.97 Å². The maximum atomic E-state index is 12.6. The highest BCUT2D eigenvalue weighted by Crippen LogP contribution is 2.36. The fourth-order valence-corrected chi connectivity index (χ4v) is 3.86. The van der Waals surface area contributed by atoms with Crippen LogP contribution in [0.3, 0.4) is 0 Å². The van der Waals surface area contributed by atoms with Crippen molar-refractivity contribution >= 4 is 11.9 Å². The Balaban J connectivity index is 1.65. The zero-order chi connectivity index (χ0) is 13.4. The van der Waals surface area contributed by atoms with Gasteiger partial charge in [-0.1, -0.05) is 0 Å². The number of ether oxygens (including phenoxy) is 1. The number of carbonyl (C=O) groups excluding carboxylic acids is 1. The lowest BCUT2D eigenvalue weighted by Crippen LogP contribution is -2.52. The highest BCUT2D eigenvalue weighted by atomic mass is 16.5. The van der Waals surface area contributed by atoms with Crippen molar-refractivity contribution in [2.75, 3.05) is 13.2 Å². The van der Waals surface area contributed by atoms with Crippen molar-refractivity contribution in [3.05, 3.63) is 0 Å². The first-order chi connectivity index (χ1) is 9.16. The van der Waals surface area contributed by atoms with Crippen molar-refractivity contribution in [3.63, 3.8) is 0 Å². The quantitative estimate of drug-likeness (QED) is 0.818. The van der Waals surface area contributed by atoms with E-state index in [1.165, 1.54) is 0 Å². The third-order valence-corrected chi connectivity index (χ3v) is 4.90. The van der Waals surface area contributed by atoms with Crippen LogP contribution in [0.1, 0.15) is 38.5 Å². The number of rotatable bonds is 2. The molecule has 0 bridgehead atoms. The fourth-order valence-electron chi connectivity index (χ4n) is 3.86. The standard InChI is InChI=1S/C14H21NO4/c16-13(9-4-5-10(8-9)14(17)18)15-6-7-19-12-3-1-2-11(12)15/h9-12H,1-8H2,(H,17,18)/t9-,10+,11?,12?/m0/s1. The van der Waals surface area contributed by atoms with E-state index in [0.717, 1.165) is 25.7 Å². The minimum atomic E-state index is -0.754. The second kappa shape index (κ2) is 5.12. The average molecular weight is 267 g/mol. The summed E-state index contributed by atoms with van der Waals surface area (Å²) in [4.78, 5) is 25.6. The summed E-state index contributed by atoms with van der Waals surface area (Å²) in [5.41, 5.74) is 0. The Bertz CT molecular complexity index is 384. The normalized spacial score (nSPS) is 38.2. The molecule has 0 aromatic heterocycles. The van der Waals surface area contributed by atoms with E-state index in [4.69, 9.17) is 9.84 Å². The number of amides is 1. The monoisotopic (exact) mass is 267 g/mol. The zero-order valence-electron chi connectivity index (χ0n) is 11.1. The second-order valence-electron chi connectivity index (χ2n) is 5.98. The van der Waals surface area contributed by atoms with Gasteiger partial charge in [-0.05, 0) is 38.5 Å². The van der Waals surface area contributed by atoms with E-state index in [9.17, 15) is 9.59 Å². The third kappa shape index (κ3) is 2.36. The summed E-state index contributed by atoms with van der Waals surface area (Å²) in [7, 11) is 0. The van der Waals surface area contributed by atoms with Crippen molar-refractivity contribution in [1.29, 1.82) is 0 Å². The van der Waals surface area contributed by atoms with E-state index < -0.39 is 5.97 Å². The van der Waals surface area contributed by atoms with E-state index in [0.29, 0.717) is 26.0 Å². The number of aliphatic carboxylic acids is 1. The Morgan fingerprint density at radius 1 is 1.11 bits per heavy atom. The van der Waals surface area contributed by atoms with Gasteiger partial charge in [0.25, 0.3) is 0 Å². The summed E-state index contributed by atoms with van der Waals surface area (Å²) in [5.74, 6) is -0.991. The molecule has 0 aromatic rings. The van der Waals surface area contributed by atoms with Gasteiger partial charge in [0.1, 0.15) is 0 Å². The molecule has 106 valence electrons. The predicted molar refractivity (Wildman–Crippen MR) is 67.6 cm³/mol. The van der Waals surface area contributed by atoms with E-state index in [2.05, 4.69) is 0 Å². The lowest BCUT2D eigenvalue weighted by Gasteiger charge is -2.39. The van der Waals surface area contributed by atoms with Crippen molar-refractivity contribution in [1.82, 2.24) is 4.90 Å². The van der Waals surface area contributed by atoms with Crippen LogP contribution in [-0.4, -0.2) is 47.2 Å². The first kappa shape index (κ1) is 12.9. The van der Waals surface area contributed by atoms with Crippen LogP contribution in [0, 0.1) is 11.8 Å². The highest BCUT2D eigenvalue weighted by Gasteiger charge is 2.42. The summed E-state index contributed by atoms with van der Waals surface area (Å²) >= 11 is 0. The van der Waals surface area contributed by atoms with Crippen molar-refractivity contribution in [2.24, 2.45) is 11.8 Å². The molecule has 0 radical (unpaired) electrons. The van der Waals surface area contributed by atoms with Gasteiger partial charge < -0.3 is 14.7 Å². The number of carboxylic acids is 1. The van der Waals surface area contributed by atoms with Gasteiger partial charge in [0.15, 0.2) is 0 Å². The Labute approximate surface area is 112 Å². The van der Waals surface area contributed by atoms with Crippen LogP contribution >= 0.6 is 0 Å². The van der Waals surface area contributed by atoms with Crippen LogP contribution < -0.4 is 0 Å². The molecule has 1 N–H and O–H groups in total. The number of nitrogens with zero attached hydrogens (tertiary/aromatic N) is 1. The molecule has 3 rings (SSSR count). The molecule has 5 heteroatoms. The maximum absolute atomic E-state index is 12.6. The van der Waals surface area contributed by atoms with Gasteiger partial charge in [0.2, 0.25) is 5.91 Å². The van der Waals surface area contributed by atoms with E-state index in [1.54, 1.807) is 0 Å². The predicted octanol–water partition coefficient (Wildman–Crippen LogP) is 1.27. The first-order valence-electron chi connectivity index (χ1n) is 7.31. The van der Waals surface area contributed by atoms with Crippen LogP contribution in [-0.2, 0) is 14.3 Å². The number of carboxylic acid groups (broad SMARTS) is 1. The van der Waals surface area contributed by atoms with Crippen LogP contribution in [0.5, 0.6) is 0 Å². The minimum absolute atomic E-state index is 0.0829. The molecule has 19 heavy (non-hydrogen) atoms. The third-order valence-electron chi connectivity index (χ3n) is 4.90. The molecule has 1 amide bonds. The smallest absolute Gasteiger partial charge is 0.306 e. The molecule has 0 aromatic carbocycles. The largest absolute Gasteiger partial charge is 0.481 e. The number of carbonyl (C=O) groups is 2. The van der Waals surface area contributed by atoms with Crippen LogP contribution in [0.2, 0.25) is 0 Å². The summed E-state index contributed by atoms with van der Waals surface area (Å²) < 4.78 is 5.72. The molecule has 1 aliphatic heterocycles. The van der Waals surface area contributed by atoms with Gasteiger partial charge in [-0.3, -0.25) is 9.59 Å². The summed E-state index contributed by atoms with van der Waals surface area (Å²) in [6.45, 7) is 1.30. The summed E-state index contributed by atoms with van der Waals surface area (Å²) in [6, 6.07) is 0.241. The molecule has 2 saturated carbocycles. The number of hydrogen-bond donors (Lipinski definition) is 1. The van der Waals surface area contributed by atoms with Crippen molar-refractivity contribution < 1.29 is 19.4 Å². The van der Waals surface area contributed by atoms with Gasteiger partial charge in [-0.15, -0.1) is 0 Å².